The molecule has 0 spiro atoms. The van der Waals surface area contributed by atoms with E-state index in [0.29, 0.717) is 0 Å². The molecule has 3 aromatic rings. The van der Waals surface area contributed by atoms with Crippen LogP contribution in [-0.4, -0.2) is 9.97 Å². The molecule has 1 N–H and O–H groups in total. The molecule has 0 amide bonds. The summed E-state index contributed by atoms with van der Waals surface area (Å²) in [5.41, 5.74) is 2.92. The Morgan fingerprint density at radius 2 is 1.83 bits per heavy atom. The second-order valence-corrected chi connectivity index (χ2v) is 4.72. The van der Waals surface area contributed by atoms with Crippen molar-refractivity contribution in [1.82, 2.24) is 9.97 Å². The summed E-state index contributed by atoms with van der Waals surface area (Å²) >= 11 is 3.47. The first-order valence-electron chi connectivity index (χ1n) is 5.55. The third-order valence-corrected chi connectivity index (χ3v) is 3.31. The first kappa shape index (κ1) is 11.2. The quantitative estimate of drug-likeness (QED) is 0.773. The SMILES string of the molecule is Brc1cnccc1Nc1cccc2cccnc12. The van der Waals surface area contributed by atoms with Crippen molar-refractivity contribution in [2.24, 2.45) is 0 Å². The van der Waals surface area contributed by atoms with Crippen LogP contribution in [0, 0.1) is 0 Å². The minimum atomic E-state index is 0.929. The van der Waals surface area contributed by atoms with Crippen LogP contribution in [0.2, 0.25) is 0 Å². The smallest absolute Gasteiger partial charge is 0.0936 e. The molecule has 0 saturated heterocycles. The number of pyridine rings is 2. The van der Waals surface area contributed by atoms with Crippen LogP contribution in [-0.2, 0) is 0 Å². The Kier molecular flexibility index (Phi) is 2.94. The van der Waals surface area contributed by atoms with Crippen molar-refractivity contribution in [2.45, 2.75) is 0 Å². The summed E-state index contributed by atoms with van der Waals surface area (Å²) in [4.78, 5) is 8.46. The molecular formula is C14H10BrN3. The number of hydrogen-bond donors (Lipinski definition) is 1. The Bertz CT molecular complexity index is 692. The van der Waals surface area contributed by atoms with E-state index in [2.05, 4.69) is 43.3 Å². The molecule has 0 bridgehead atoms. The number of hydrogen-bond acceptors (Lipinski definition) is 3. The number of nitrogens with zero attached hydrogens (tertiary/aromatic N) is 2. The van der Waals surface area contributed by atoms with Crippen LogP contribution in [0.15, 0.2) is 59.5 Å². The molecule has 0 radical (unpaired) electrons. The van der Waals surface area contributed by atoms with E-state index in [-0.39, 0.29) is 0 Å². The van der Waals surface area contributed by atoms with Crippen molar-refractivity contribution in [3.63, 3.8) is 0 Å². The molecule has 88 valence electrons. The number of anilines is 2. The lowest BCUT2D eigenvalue weighted by atomic mass is 10.2. The Hall–Kier alpha value is -1.94. The van der Waals surface area contributed by atoms with Gasteiger partial charge in [-0.15, -0.1) is 0 Å². The number of halogens is 1. The zero-order valence-corrected chi connectivity index (χ0v) is 11.1. The number of benzene rings is 1. The fourth-order valence-electron chi connectivity index (χ4n) is 1.83. The largest absolute Gasteiger partial charge is 0.353 e. The summed E-state index contributed by atoms with van der Waals surface area (Å²) in [5, 5.41) is 4.48. The molecule has 4 heteroatoms. The van der Waals surface area contributed by atoms with Gasteiger partial charge in [0.2, 0.25) is 0 Å². The van der Waals surface area contributed by atoms with Crippen molar-refractivity contribution < 1.29 is 0 Å². The highest BCUT2D eigenvalue weighted by Gasteiger charge is 2.04. The fourth-order valence-corrected chi connectivity index (χ4v) is 2.18. The van der Waals surface area contributed by atoms with Crippen LogP contribution in [0.25, 0.3) is 10.9 Å². The first-order chi connectivity index (χ1) is 8.84. The summed E-state index contributed by atoms with van der Waals surface area (Å²) < 4.78 is 0.929. The monoisotopic (exact) mass is 299 g/mol. The lowest BCUT2D eigenvalue weighted by molar-refractivity contribution is 1.30. The van der Waals surface area contributed by atoms with E-state index < -0.39 is 0 Å². The van der Waals surface area contributed by atoms with Crippen LogP contribution < -0.4 is 5.32 Å². The van der Waals surface area contributed by atoms with Crippen LogP contribution in [0.1, 0.15) is 0 Å². The van der Waals surface area contributed by atoms with E-state index in [1.807, 2.05) is 24.3 Å². The molecule has 0 unspecified atom stereocenters. The summed E-state index contributed by atoms with van der Waals surface area (Å²) in [7, 11) is 0. The van der Waals surface area contributed by atoms with E-state index in [1.165, 1.54) is 0 Å². The van der Waals surface area contributed by atoms with Gasteiger partial charge in [-0.05, 0) is 34.1 Å². The Morgan fingerprint density at radius 3 is 2.72 bits per heavy atom. The van der Waals surface area contributed by atoms with E-state index >= 15 is 0 Å². The van der Waals surface area contributed by atoms with Gasteiger partial charge in [-0.3, -0.25) is 9.97 Å². The maximum absolute atomic E-state index is 4.41. The number of nitrogens with one attached hydrogen (secondary N) is 1. The topological polar surface area (TPSA) is 37.8 Å². The van der Waals surface area contributed by atoms with Crippen LogP contribution >= 0.6 is 15.9 Å². The Balaban J connectivity index is 2.08. The highest BCUT2D eigenvalue weighted by Crippen LogP contribution is 2.28. The molecular weight excluding hydrogens is 290 g/mol. The van der Waals surface area contributed by atoms with Gasteiger partial charge >= 0.3 is 0 Å². The molecule has 1 aromatic carbocycles. The molecule has 2 heterocycles. The fraction of sp³-hybridized carbons (Fsp3) is 0. The maximum Gasteiger partial charge on any atom is 0.0936 e. The molecule has 0 atom stereocenters. The predicted molar refractivity (Wildman–Crippen MR) is 77.0 cm³/mol. The summed E-state index contributed by atoms with van der Waals surface area (Å²) in [5.74, 6) is 0. The van der Waals surface area contributed by atoms with Gasteiger partial charge in [0.05, 0.1) is 21.4 Å². The zero-order chi connectivity index (χ0) is 12.4. The lowest BCUT2D eigenvalue weighted by Gasteiger charge is -2.10. The van der Waals surface area contributed by atoms with Gasteiger partial charge in [-0.2, -0.15) is 0 Å². The van der Waals surface area contributed by atoms with Gasteiger partial charge in [0.15, 0.2) is 0 Å². The van der Waals surface area contributed by atoms with Gasteiger partial charge < -0.3 is 5.32 Å². The van der Waals surface area contributed by atoms with E-state index in [0.717, 1.165) is 26.8 Å². The van der Waals surface area contributed by atoms with Crippen molar-refractivity contribution in [3.8, 4) is 0 Å². The standard InChI is InChI=1S/C14H10BrN3/c15-11-9-16-8-6-12(11)18-13-5-1-3-10-4-2-7-17-14(10)13/h1-9H,(H,16,18). The average molecular weight is 300 g/mol. The van der Waals surface area contributed by atoms with Gasteiger partial charge in [-0.1, -0.05) is 18.2 Å². The van der Waals surface area contributed by atoms with Crippen LogP contribution in [0.3, 0.4) is 0 Å². The van der Waals surface area contributed by atoms with Crippen molar-refractivity contribution >= 4 is 38.2 Å². The summed E-state index contributed by atoms with van der Waals surface area (Å²) in [6.07, 6.45) is 5.32. The molecule has 0 aliphatic carbocycles. The molecule has 0 saturated carbocycles. The Labute approximate surface area is 113 Å². The average Bonchev–Trinajstić information content (AvgIpc) is 2.42. The highest BCUT2D eigenvalue weighted by atomic mass is 79.9. The molecule has 2 aromatic heterocycles. The third kappa shape index (κ3) is 2.07. The van der Waals surface area contributed by atoms with Gasteiger partial charge in [0.25, 0.3) is 0 Å². The molecule has 3 rings (SSSR count). The molecule has 0 aliphatic rings. The predicted octanol–water partition coefficient (Wildman–Crippen LogP) is 4.14. The van der Waals surface area contributed by atoms with Crippen molar-refractivity contribution in [3.05, 3.63) is 59.5 Å². The number of fused-ring (bicyclic) bond motifs is 1. The number of rotatable bonds is 2. The van der Waals surface area contributed by atoms with E-state index in [1.54, 1.807) is 18.6 Å². The van der Waals surface area contributed by atoms with Gasteiger partial charge in [-0.25, -0.2) is 0 Å². The van der Waals surface area contributed by atoms with E-state index in [9.17, 15) is 0 Å². The minimum Gasteiger partial charge on any atom is -0.353 e. The second-order valence-electron chi connectivity index (χ2n) is 3.86. The first-order valence-corrected chi connectivity index (χ1v) is 6.34. The zero-order valence-electron chi connectivity index (χ0n) is 9.47. The molecule has 0 fully saturated rings. The maximum atomic E-state index is 4.41. The normalized spacial score (nSPS) is 10.5. The van der Waals surface area contributed by atoms with Gasteiger partial charge in [0, 0.05) is 24.0 Å². The highest BCUT2D eigenvalue weighted by molar-refractivity contribution is 9.10. The van der Waals surface area contributed by atoms with Crippen molar-refractivity contribution in [2.75, 3.05) is 5.32 Å². The van der Waals surface area contributed by atoms with Crippen LogP contribution in [0.5, 0.6) is 0 Å². The number of aromatic nitrogens is 2. The minimum absolute atomic E-state index is 0.929. The van der Waals surface area contributed by atoms with E-state index in [4.69, 9.17) is 0 Å². The second kappa shape index (κ2) is 4.74. The lowest BCUT2D eigenvalue weighted by Crippen LogP contribution is -1.94. The van der Waals surface area contributed by atoms with Crippen LogP contribution in [0.4, 0.5) is 11.4 Å². The summed E-state index contributed by atoms with van der Waals surface area (Å²) in [6, 6.07) is 12.0. The van der Waals surface area contributed by atoms with Gasteiger partial charge in [0.1, 0.15) is 0 Å². The molecule has 0 aliphatic heterocycles. The Morgan fingerprint density at radius 1 is 0.944 bits per heavy atom. The molecule has 3 nitrogen and oxygen atoms in total. The number of para-hydroxylation sites is 1. The summed E-state index contributed by atoms with van der Waals surface area (Å²) in [6.45, 7) is 0. The molecule has 18 heavy (non-hydrogen) atoms. The van der Waals surface area contributed by atoms with Crippen molar-refractivity contribution in [1.29, 1.82) is 0 Å². The third-order valence-electron chi connectivity index (χ3n) is 2.67.